The van der Waals surface area contributed by atoms with E-state index in [0.29, 0.717) is 16.5 Å². The number of allylic oxidation sites excluding steroid dienone is 2. The highest BCUT2D eigenvalue weighted by molar-refractivity contribution is 9.10. The van der Waals surface area contributed by atoms with Gasteiger partial charge in [-0.25, -0.2) is 4.79 Å². The molecule has 25 heavy (non-hydrogen) atoms. The fourth-order valence-electron chi connectivity index (χ4n) is 4.00. The highest BCUT2D eigenvalue weighted by Crippen LogP contribution is 2.53. The number of benzene rings is 2. The topological polar surface area (TPSA) is 38.3 Å². The lowest BCUT2D eigenvalue weighted by molar-refractivity contribution is 0.0598. The van der Waals surface area contributed by atoms with Gasteiger partial charge in [-0.3, -0.25) is 0 Å². The zero-order valence-corrected chi connectivity index (χ0v) is 16.0. The Balaban J connectivity index is 1.89. The molecule has 1 heterocycles. The van der Waals surface area contributed by atoms with Crippen molar-refractivity contribution in [1.29, 1.82) is 0 Å². The number of carbonyl (C=O) groups is 1. The minimum atomic E-state index is -0.326. The second-order valence-electron chi connectivity index (χ2n) is 6.37. The molecule has 2 aromatic rings. The van der Waals surface area contributed by atoms with E-state index >= 15 is 0 Å². The van der Waals surface area contributed by atoms with Crippen molar-refractivity contribution in [1.82, 2.24) is 0 Å². The SMILES string of the molecule is COC(=O)c1ccc(Cl)c2c1C1C=CCC1C(c1ccccc1Br)N2. The summed E-state index contributed by atoms with van der Waals surface area (Å²) in [5.74, 6) is 0.141. The lowest BCUT2D eigenvalue weighted by atomic mass is 9.75. The molecule has 3 nitrogen and oxygen atoms in total. The Bertz CT molecular complexity index is 880. The summed E-state index contributed by atoms with van der Waals surface area (Å²) in [6.07, 6.45) is 5.34. The number of esters is 1. The number of hydrogen-bond donors (Lipinski definition) is 1. The molecule has 128 valence electrons. The quantitative estimate of drug-likeness (QED) is 0.501. The molecule has 0 saturated heterocycles. The lowest BCUT2D eigenvalue weighted by Crippen LogP contribution is -2.31. The minimum Gasteiger partial charge on any atom is -0.465 e. The van der Waals surface area contributed by atoms with E-state index in [1.165, 1.54) is 12.7 Å². The van der Waals surface area contributed by atoms with Crippen LogP contribution in [0.2, 0.25) is 5.02 Å². The van der Waals surface area contributed by atoms with E-state index in [4.69, 9.17) is 16.3 Å². The van der Waals surface area contributed by atoms with Crippen LogP contribution in [0.1, 0.15) is 39.9 Å². The Morgan fingerprint density at radius 3 is 2.84 bits per heavy atom. The van der Waals surface area contributed by atoms with Crippen LogP contribution in [-0.4, -0.2) is 13.1 Å². The molecule has 0 amide bonds. The molecule has 2 aliphatic rings. The first-order chi connectivity index (χ1) is 12.1. The van der Waals surface area contributed by atoms with Gasteiger partial charge in [0.1, 0.15) is 0 Å². The van der Waals surface area contributed by atoms with Crippen LogP contribution in [0, 0.1) is 5.92 Å². The van der Waals surface area contributed by atoms with E-state index in [1.807, 2.05) is 12.1 Å². The Morgan fingerprint density at radius 1 is 1.28 bits per heavy atom. The van der Waals surface area contributed by atoms with Gasteiger partial charge >= 0.3 is 5.97 Å². The predicted octanol–water partition coefficient (Wildman–Crippen LogP) is 5.72. The summed E-state index contributed by atoms with van der Waals surface area (Å²) in [6.45, 7) is 0. The number of halogens is 2. The van der Waals surface area contributed by atoms with Crippen molar-refractivity contribution in [2.75, 3.05) is 12.4 Å². The summed E-state index contributed by atoms with van der Waals surface area (Å²) < 4.78 is 6.05. The molecule has 0 bridgehead atoms. The zero-order valence-electron chi connectivity index (χ0n) is 13.6. The van der Waals surface area contributed by atoms with Gasteiger partial charge in [0.25, 0.3) is 0 Å². The fraction of sp³-hybridized carbons (Fsp3) is 0.250. The van der Waals surface area contributed by atoms with Gasteiger partial charge in [-0.05, 0) is 41.7 Å². The van der Waals surface area contributed by atoms with E-state index in [1.54, 1.807) is 12.1 Å². The average Bonchev–Trinajstić information content (AvgIpc) is 3.11. The number of ether oxygens (including phenoxy) is 1. The molecular formula is C20H17BrClNO2. The molecule has 0 spiro atoms. The van der Waals surface area contributed by atoms with Crippen LogP contribution in [-0.2, 0) is 4.74 Å². The number of methoxy groups -OCH3 is 1. The average molecular weight is 419 g/mol. The maximum absolute atomic E-state index is 12.3. The third-order valence-electron chi connectivity index (χ3n) is 5.11. The van der Waals surface area contributed by atoms with Gasteiger partial charge in [-0.15, -0.1) is 0 Å². The maximum atomic E-state index is 12.3. The van der Waals surface area contributed by atoms with Crippen LogP contribution in [0.5, 0.6) is 0 Å². The first kappa shape index (κ1) is 16.7. The van der Waals surface area contributed by atoms with Crippen LogP contribution in [0.3, 0.4) is 0 Å². The van der Waals surface area contributed by atoms with E-state index in [-0.39, 0.29) is 17.9 Å². The largest absolute Gasteiger partial charge is 0.465 e. The van der Waals surface area contributed by atoms with Crippen molar-refractivity contribution in [3.63, 3.8) is 0 Å². The number of nitrogens with one attached hydrogen (secondary N) is 1. The molecule has 1 aliphatic heterocycles. The molecule has 0 aromatic heterocycles. The van der Waals surface area contributed by atoms with Crippen LogP contribution in [0.4, 0.5) is 5.69 Å². The highest BCUT2D eigenvalue weighted by atomic mass is 79.9. The fourth-order valence-corrected chi connectivity index (χ4v) is 4.75. The summed E-state index contributed by atoms with van der Waals surface area (Å²) in [5, 5.41) is 4.23. The number of rotatable bonds is 2. The molecule has 1 N–H and O–H groups in total. The van der Waals surface area contributed by atoms with E-state index in [9.17, 15) is 4.79 Å². The molecule has 3 atom stereocenters. The van der Waals surface area contributed by atoms with Crippen LogP contribution >= 0.6 is 27.5 Å². The second-order valence-corrected chi connectivity index (χ2v) is 7.63. The standard InChI is InChI=1S/C20H17BrClNO2/c1-25-20(24)14-9-10-16(22)19-17(14)11-6-4-7-12(11)18(23-19)13-5-2-3-8-15(13)21/h2-6,8-12,18,23H,7H2,1H3. The molecule has 0 saturated carbocycles. The normalized spacial score (nSPS) is 23.6. The first-order valence-corrected chi connectivity index (χ1v) is 9.37. The molecule has 0 radical (unpaired) electrons. The first-order valence-electron chi connectivity index (χ1n) is 8.20. The maximum Gasteiger partial charge on any atom is 0.338 e. The Hall–Kier alpha value is -1.78. The van der Waals surface area contributed by atoms with Crippen molar-refractivity contribution < 1.29 is 9.53 Å². The Labute approximate surface area is 160 Å². The third kappa shape index (κ3) is 2.68. The number of carbonyl (C=O) groups excluding carboxylic acids is 1. The summed E-state index contributed by atoms with van der Waals surface area (Å²) in [6, 6.07) is 11.9. The smallest absolute Gasteiger partial charge is 0.338 e. The molecule has 2 aromatic carbocycles. The number of fused-ring (bicyclic) bond motifs is 3. The highest BCUT2D eigenvalue weighted by Gasteiger charge is 2.41. The van der Waals surface area contributed by atoms with Gasteiger partial charge < -0.3 is 10.1 Å². The molecular weight excluding hydrogens is 402 g/mol. The van der Waals surface area contributed by atoms with Gasteiger partial charge in [0, 0.05) is 10.4 Å². The molecule has 0 fully saturated rings. The van der Waals surface area contributed by atoms with E-state index < -0.39 is 0 Å². The number of hydrogen-bond acceptors (Lipinski definition) is 3. The molecule has 3 unspecified atom stereocenters. The van der Waals surface area contributed by atoms with Crippen molar-refractivity contribution >= 4 is 39.2 Å². The Morgan fingerprint density at radius 2 is 2.08 bits per heavy atom. The van der Waals surface area contributed by atoms with Gasteiger partial charge in [0.15, 0.2) is 0 Å². The Kier molecular flexibility index (Phi) is 4.34. The van der Waals surface area contributed by atoms with Gasteiger partial charge in [0.05, 0.1) is 29.4 Å². The van der Waals surface area contributed by atoms with Crippen molar-refractivity contribution in [3.8, 4) is 0 Å². The van der Waals surface area contributed by atoms with Gasteiger partial charge in [-0.2, -0.15) is 0 Å². The van der Waals surface area contributed by atoms with E-state index in [0.717, 1.165) is 22.1 Å². The second kappa shape index (κ2) is 6.50. The zero-order chi connectivity index (χ0) is 17.6. The minimum absolute atomic E-state index is 0.119. The monoisotopic (exact) mass is 417 g/mol. The molecule has 4 rings (SSSR count). The summed E-state index contributed by atoms with van der Waals surface area (Å²) in [5.41, 5.74) is 3.56. The van der Waals surface area contributed by atoms with Crippen molar-refractivity contribution in [3.05, 3.63) is 74.7 Å². The van der Waals surface area contributed by atoms with Crippen molar-refractivity contribution in [2.45, 2.75) is 18.4 Å². The van der Waals surface area contributed by atoms with Gasteiger partial charge in [-0.1, -0.05) is 57.9 Å². The van der Waals surface area contributed by atoms with Crippen LogP contribution in [0.25, 0.3) is 0 Å². The summed E-state index contributed by atoms with van der Waals surface area (Å²) in [4.78, 5) is 12.3. The van der Waals surface area contributed by atoms with Crippen LogP contribution in [0.15, 0.2) is 53.0 Å². The lowest BCUT2D eigenvalue weighted by Gasteiger charge is -2.39. The number of anilines is 1. The van der Waals surface area contributed by atoms with Crippen LogP contribution < -0.4 is 5.32 Å². The molecule has 1 aliphatic carbocycles. The van der Waals surface area contributed by atoms with Gasteiger partial charge in [0.2, 0.25) is 0 Å². The van der Waals surface area contributed by atoms with Crippen molar-refractivity contribution in [2.24, 2.45) is 5.92 Å². The third-order valence-corrected chi connectivity index (χ3v) is 6.15. The molecule has 5 heteroatoms. The summed E-state index contributed by atoms with van der Waals surface area (Å²) >= 11 is 10.2. The van der Waals surface area contributed by atoms with E-state index in [2.05, 4.69) is 45.5 Å². The predicted molar refractivity (Wildman–Crippen MR) is 103 cm³/mol. The summed E-state index contributed by atoms with van der Waals surface area (Å²) in [7, 11) is 1.41.